The van der Waals surface area contributed by atoms with E-state index in [1.54, 1.807) is 37.6 Å². The van der Waals surface area contributed by atoms with Crippen molar-refractivity contribution in [1.82, 2.24) is 14.9 Å². The first-order valence-electron chi connectivity index (χ1n) is 9.92. The molecule has 1 saturated heterocycles. The monoisotopic (exact) mass is 432 g/mol. The van der Waals surface area contributed by atoms with E-state index in [1.807, 2.05) is 35.2 Å². The molecule has 1 aromatic carbocycles. The molecule has 3 heterocycles. The van der Waals surface area contributed by atoms with Crippen LogP contribution in [0, 0.1) is 11.8 Å². The number of nitrogens with zero attached hydrogens (tertiary/aromatic N) is 4. The van der Waals surface area contributed by atoms with Gasteiger partial charge in [-0.2, -0.15) is 0 Å². The Labute approximate surface area is 186 Å². The van der Waals surface area contributed by atoms with Gasteiger partial charge in [-0.15, -0.1) is 0 Å². The van der Waals surface area contributed by atoms with Crippen LogP contribution in [0.25, 0.3) is 0 Å². The van der Waals surface area contributed by atoms with E-state index in [4.69, 9.17) is 16.3 Å². The van der Waals surface area contributed by atoms with Crippen LogP contribution in [-0.2, 0) is 0 Å². The average Bonchev–Trinajstić information content (AvgIpc) is 2.83. The molecule has 0 saturated carbocycles. The van der Waals surface area contributed by atoms with Gasteiger partial charge in [-0.25, -0.2) is 9.97 Å². The summed E-state index contributed by atoms with van der Waals surface area (Å²) in [6.07, 6.45) is 1.69. The molecule has 0 aliphatic carbocycles. The second-order valence-electron chi connectivity index (χ2n) is 6.98. The van der Waals surface area contributed by atoms with Crippen molar-refractivity contribution in [3.8, 4) is 17.6 Å². The molecule has 0 atom stereocenters. The lowest BCUT2D eigenvalue weighted by Gasteiger charge is -2.35. The summed E-state index contributed by atoms with van der Waals surface area (Å²) in [5.41, 5.74) is 1.90. The standard InChI is InChI=1S/C24H21ClN4O2/c1-31-21-11-9-19(17-18(21)8-10-20-5-2-3-12-26-20)24(30)29-15-13-28(14-16-29)23-7-4-6-22(25)27-23/h2-7,9,11-12,17H,13-16H2,1H3. The van der Waals surface area contributed by atoms with Crippen LogP contribution < -0.4 is 9.64 Å². The zero-order valence-electron chi connectivity index (χ0n) is 17.1. The second-order valence-corrected chi connectivity index (χ2v) is 7.37. The molecule has 7 heteroatoms. The third-order valence-corrected chi connectivity index (χ3v) is 5.24. The number of amides is 1. The van der Waals surface area contributed by atoms with Crippen molar-refractivity contribution < 1.29 is 9.53 Å². The lowest BCUT2D eigenvalue weighted by molar-refractivity contribution is 0.0746. The van der Waals surface area contributed by atoms with Gasteiger partial charge in [0.05, 0.1) is 12.7 Å². The molecule has 0 unspecified atom stereocenters. The van der Waals surface area contributed by atoms with Gasteiger partial charge in [0.2, 0.25) is 0 Å². The number of rotatable bonds is 3. The highest BCUT2D eigenvalue weighted by Gasteiger charge is 2.23. The number of methoxy groups -OCH3 is 1. The zero-order chi connectivity index (χ0) is 21.6. The number of carbonyl (C=O) groups is 1. The molecule has 1 aliphatic rings. The summed E-state index contributed by atoms with van der Waals surface area (Å²) in [4.78, 5) is 25.6. The fourth-order valence-electron chi connectivity index (χ4n) is 3.40. The SMILES string of the molecule is COc1ccc(C(=O)N2CCN(c3cccc(Cl)n3)CC2)cc1C#Cc1ccccn1. The summed E-state index contributed by atoms with van der Waals surface area (Å²) in [5.74, 6) is 7.52. The van der Waals surface area contributed by atoms with Gasteiger partial charge in [-0.1, -0.05) is 29.7 Å². The summed E-state index contributed by atoms with van der Waals surface area (Å²) in [7, 11) is 1.59. The maximum Gasteiger partial charge on any atom is 0.254 e. The number of pyridine rings is 2. The van der Waals surface area contributed by atoms with E-state index < -0.39 is 0 Å². The fourth-order valence-corrected chi connectivity index (χ4v) is 3.56. The molecule has 6 nitrogen and oxygen atoms in total. The van der Waals surface area contributed by atoms with Gasteiger partial charge in [-0.05, 0) is 48.4 Å². The minimum Gasteiger partial charge on any atom is -0.495 e. The number of piperazine rings is 1. The van der Waals surface area contributed by atoms with Crippen molar-refractivity contribution in [3.05, 3.63) is 82.8 Å². The maximum absolute atomic E-state index is 13.1. The van der Waals surface area contributed by atoms with Crippen LogP contribution in [0.3, 0.4) is 0 Å². The predicted octanol–water partition coefficient (Wildman–Crippen LogP) is 3.50. The van der Waals surface area contributed by atoms with E-state index in [0.29, 0.717) is 53.9 Å². The topological polar surface area (TPSA) is 58.6 Å². The van der Waals surface area contributed by atoms with Crippen molar-refractivity contribution in [2.75, 3.05) is 38.2 Å². The van der Waals surface area contributed by atoms with Crippen LogP contribution in [-0.4, -0.2) is 54.1 Å². The number of carbonyl (C=O) groups excluding carboxylic acids is 1. The van der Waals surface area contributed by atoms with E-state index in [2.05, 4.69) is 26.7 Å². The summed E-state index contributed by atoms with van der Waals surface area (Å²) in [5, 5.41) is 0.466. The number of hydrogen-bond acceptors (Lipinski definition) is 5. The average molecular weight is 433 g/mol. The molecular weight excluding hydrogens is 412 g/mol. The van der Waals surface area contributed by atoms with Crippen LogP contribution >= 0.6 is 11.6 Å². The van der Waals surface area contributed by atoms with Gasteiger partial charge >= 0.3 is 0 Å². The molecule has 0 spiro atoms. The number of benzene rings is 1. The van der Waals surface area contributed by atoms with Crippen molar-refractivity contribution in [1.29, 1.82) is 0 Å². The van der Waals surface area contributed by atoms with Gasteiger partial charge in [0.25, 0.3) is 5.91 Å². The molecule has 3 aromatic rings. The second kappa shape index (κ2) is 9.50. The molecular formula is C24H21ClN4O2. The summed E-state index contributed by atoms with van der Waals surface area (Å²) in [6, 6.07) is 16.5. The molecule has 1 aliphatic heterocycles. The number of aromatic nitrogens is 2. The largest absolute Gasteiger partial charge is 0.495 e. The van der Waals surface area contributed by atoms with Crippen molar-refractivity contribution in [2.24, 2.45) is 0 Å². The lowest BCUT2D eigenvalue weighted by atomic mass is 10.1. The molecule has 0 N–H and O–H groups in total. The van der Waals surface area contributed by atoms with Crippen molar-refractivity contribution in [3.63, 3.8) is 0 Å². The van der Waals surface area contributed by atoms with Crippen LogP contribution in [0.1, 0.15) is 21.6 Å². The molecule has 2 aromatic heterocycles. The first kappa shape index (κ1) is 20.7. The Kier molecular flexibility index (Phi) is 6.34. The Balaban J connectivity index is 1.48. The number of anilines is 1. The predicted molar refractivity (Wildman–Crippen MR) is 121 cm³/mol. The van der Waals surface area contributed by atoms with Gasteiger partial charge in [0, 0.05) is 37.9 Å². The molecule has 0 bridgehead atoms. The van der Waals surface area contributed by atoms with E-state index in [0.717, 1.165) is 5.82 Å². The van der Waals surface area contributed by atoms with E-state index in [1.165, 1.54) is 0 Å². The first-order chi connectivity index (χ1) is 15.1. The van der Waals surface area contributed by atoms with Gasteiger partial charge in [-0.3, -0.25) is 4.79 Å². The minimum atomic E-state index is -0.0257. The summed E-state index contributed by atoms with van der Waals surface area (Å²) >= 11 is 6.00. The Bertz CT molecular complexity index is 1130. The number of halogens is 1. The smallest absolute Gasteiger partial charge is 0.254 e. The highest BCUT2D eigenvalue weighted by molar-refractivity contribution is 6.29. The van der Waals surface area contributed by atoms with E-state index in [-0.39, 0.29) is 5.91 Å². The Morgan fingerprint density at radius 1 is 1.03 bits per heavy atom. The minimum absolute atomic E-state index is 0.0257. The van der Waals surface area contributed by atoms with Crippen molar-refractivity contribution >= 4 is 23.3 Å². The molecule has 1 amide bonds. The van der Waals surface area contributed by atoms with Gasteiger partial charge < -0.3 is 14.5 Å². The molecule has 1 fully saturated rings. The molecule has 31 heavy (non-hydrogen) atoms. The molecule has 4 rings (SSSR count). The number of ether oxygens (including phenoxy) is 1. The summed E-state index contributed by atoms with van der Waals surface area (Å²) in [6.45, 7) is 2.60. The highest BCUT2D eigenvalue weighted by atomic mass is 35.5. The van der Waals surface area contributed by atoms with E-state index >= 15 is 0 Å². The fraction of sp³-hybridized carbons (Fsp3) is 0.208. The summed E-state index contributed by atoms with van der Waals surface area (Å²) < 4.78 is 5.41. The van der Waals surface area contributed by atoms with Crippen LogP contribution in [0.4, 0.5) is 5.82 Å². The normalized spacial score (nSPS) is 13.4. The zero-order valence-corrected chi connectivity index (χ0v) is 17.8. The third-order valence-electron chi connectivity index (χ3n) is 5.03. The molecule has 156 valence electrons. The third kappa shape index (κ3) is 4.96. The van der Waals surface area contributed by atoms with Crippen LogP contribution in [0.5, 0.6) is 5.75 Å². The Morgan fingerprint density at radius 2 is 1.87 bits per heavy atom. The maximum atomic E-state index is 13.1. The Morgan fingerprint density at radius 3 is 2.58 bits per heavy atom. The van der Waals surface area contributed by atoms with E-state index in [9.17, 15) is 4.79 Å². The highest BCUT2D eigenvalue weighted by Crippen LogP contribution is 2.22. The lowest BCUT2D eigenvalue weighted by Crippen LogP contribution is -2.49. The van der Waals surface area contributed by atoms with Gasteiger partial charge in [0.15, 0.2) is 0 Å². The van der Waals surface area contributed by atoms with Gasteiger partial charge in [0.1, 0.15) is 22.4 Å². The number of hydrogen-bond donors (Lipinski definition) is 0. The Hall–Kier alpha value is -3.56. The molecule has 0 radical (unpaired) electrons. The van der Waals surface area contributed by atoms with Crippen LogP contribution in [0.15, 0.2) is 60.8 Å². The van der Waals surface area contributed by atoms with Crippen molar-refractivity contribution in [2.45, 2.75) is 0 Å². The first-order valence-corrected chi connectivity index (χ1v) is 10.3. The quantitative estimate of drug-likeness (QED) is 0.468. The van der Waals surface area contributed by atoms with Crippen LogP contribution in [0.2, 0.25) is 5.15 Å².